The van der Waals surface area contributed by atoms with Gasteiger partial charge in [-0.15, -0.1) is 6.42 Å². The Labute approximate surface area is 68.2 Å². The van der Waals surface area contributed by atoms with E-state index in [1.54, 1.807) is 0 Å². The van der Waals surface area contributed by atoms with Gasteiger partial charge >= 0.3 is 23.1 Å². The van der Waals surface area contributed by atoms with Gasteiger partial charge in [0.15, 0.2) is 0 Å². The number of rotatable bonds is 0. The standard InChI is InChI=1S/C3H2O2.BrH.Mg/c1-2-3(4)5;;/h1H,(H,4,5);1H;/q;;+2/p-2. The van der Waals surface area contributed by atoms with Gasteiger partial charge in [-0.2, -0.15) is 0 Å². The molecule has 34 valence electrons. The molecule has 0 atom stereocenters. The molecule has 0 aliphatic carbocycles. The molecule has 0 aliphatic rings. The molecule has 2 nitrogen and oxygen atoms in total. The van der Waals surface area contributed by atoms with Crippen molar-refractivity contribution < 1.29 is 26.9 Å². The maximum absolute atomic E-state index is 9.02. The second kappa shape index (κ2) is 9.55. The van der Waals surface area contributed by atoms with Crippen molar-refractivity contribution in [2.45, 2.75) is 0 Å². The topological polar surface area (TPSA) is 40.1 Å². The minimum atomic E-state index is -1.47. The quantitative estimate of drug-likeness (QED) is 0.272. The van der Waals surface area contributed by atoms with Crippen LogP contribution in [0, 0.1) is 12.3 Å². The first-order valence-electron chi connectivity index (χ1n) is 0.947. The summed E-state index contributed by atoms with van der Waals surface area (Å²) in [6.45, 7) is 0. The van der Waals surface area contributed by atoms with Crippen LogP contribution in [-0.4, -0.2) is 29.0 Å². The van der Waals surface area contributed by atoms with Crippen LogP contribution in [0.1, 0.15) is 0 Å². The SMILES string of the molecule is C#CC(=O)[O-].[Br-].[Mg+2]. The molecular weight excluding hydrogens is 172 g/mol. The van der Waals surface area contributed by atoms with Crippen molar-refractivity contribution in [2.75, 3.05) is 0 Å². The molecule has 0 N–H and O–H groups in total. The molecule has 0 aromatic carbocycles. The summed E-state index contributed by atoms with van der Waals surface area (Å²) in [6.07, 6.45) is 4.26. The number of hydrogen-bond acceptors (Lipinski definition) is 2. The largest absolute Gasteiger partial charge is 2.00 e. The van der Waals surface area contributed by atoms with Gasteiger partial charge in [0, 0.05) is 0 Å². The van der Waals surface area contributed by atoms with Gasteiger partial charge in [0.05, 0.1) is 0 Å². The Kier molecular flexibility index (Phi) is 21.4. The smallest absolute Gasteiger partial charge is 1.00 e. The molecule has 0 saturated heterocycles. The molecule has 4 heteroatoms. The summed E-state index contributed by atoms with van der Waals surface area (Å²) >= 11 is 0. The van der Waals surface area contributed by atoms with Gasteiger partial charge in [-0.05, 0) is 0 Å². The molecule has 0 rings (SSSR count). The average molecular weight is 173 g/mol. The number of aliphatic carboxylic acids is 1. The summed E-state index contributed by atoms with van der Waals surface area (Å²) in [5.74, 6) is -0.134. The summed E-state index contributed by atoms with van der Waals surface area (Å²) in [6, 6.07) is 0. The van der Waals surface area contributed by atoms with Crippen molar-refractivity contribution in [1.29, 1.82) is 0 Å². The Morgan fingerprint density at radius 2 is 1.86 bits per heavy atom. The molecule has 0 bridgehead atoms. The van der Waals surface area contributed by atoms with Crippen LogP contribution in [0.5, 0.6) is 0 Å². The molecule has 0 heterocycles. The Morgan fingerprint density at radius 3 is 1.86 bits per heavy atom. The van der Waals surface area contributed by atoms with Crippen molar-refractivity contribution in [2.24, 2.45) is 0 Å². The van der Waals surface area contributed by atoms with Crippen LogP contribution >= 0.6 is 0 Å². The first-order valence-corrected chi connectivity index (χ1v) is 0.947. The van der Waals surface area contributed by atoms with Crippen LogP contribution in [0.3, 0.4) is 0 Å². The summed E-state index contributed by atoms with van der Waals surface area (Å²) in [7, 11) is 0. The average Bonchev–Trinajstić information content (AvgIpc) is 1.38. The van der Waals surface area contributed by atoms with Gasteiger partial charge < -0.3 is 26.9 Å². The van der Waals surface area contributed by atoms with Crippen molar-refractivity contribution in [1.82, 2.24) is 0 Å². The van der Waals surface area contributed by atoms with Crippen LogP contribution in [0.4, 0.5) is 0 Å². The predicted molar refractivity (Wildman–Crippen MR) is 19.6 cm³/mol. The molecule has 0 amide bonds. The Hall–Kier alpha value is 0.276. The van der Waals surface area contributed by atoms with Gasteiger partial charge in [0.25, 0.3) is 0 Å². The van der Waals surface area contributed by atoms with Gasteiger partial charge in [0.2, 0.25) is 0 Å². The Bertz CT molecular complexity index is 85.4. The number of hydrogen-bond donors (Lipinski definition) is 0. The second-order valence-corrected chi connectivity index (χ2v) is 0.432. The molecule has 0 unspecified atom stereocenters. The van der Waals surface area contributed by atoms with E-state index < -0.39 is 5.97 Å². The summed E-state index contributed by atoms with van der Waals surface area (Å²) in [4.78, 5) is 9.02. The van der Waals surface area contributed by atoms with Gasteiger partial charge in [-0.1, -0.05) is 5.92 Å². The molecule has 0 spiro atoms. The fraction of sp³-hybridized carbons (Fsp3) is 0. The van der Waals surface area contributed by atoms with E-state index in [0.29, 0.717) is 0 Å². The minimum Gasteiger partial charge on any atom is -1.00 e. The van der Waals surface area contributed by atoms with Crippen LogP contribution in [0.25, 0.3) is 0 Å². The molecule has 0 aromatic heterocycles. The first-order chi connectivity index (χ1) is 2.27. The zero-order chi connectivity index (χ0) is 4.28. The number of halogens is 1. The molecular formula is C3HBrMgO2. The van der Waals surface area contributed by atoms with Crippen LogP contribution in [0.15, 0.2) is 0 Å². The molecule has 0 radical (unpaired) electrons. The van der Waals surface area contributed by atoms with Crippen molar-refractivity contribution in [3.8, 4) is 12.3 Å². The molecule has 0 aliphatic heterocycles. The number of carboxylic acid groups (broad SMARTS) is 1. The minimum absolute atomic E-state index is 0. The third kappa shape index (κ3) is 22.2. The summed E-state index contributed by atoms with van der Waals surface area (Å²) in [5.41, 5.74) is 0. The van der Waals surface area contributed by atoms with Crippen molar-refractivity contribution in [3.05, 3.63) is 0 Å². The van der Waals surface area contributed by atoms with E-state index in [9.17, 15) is 0 Å². The number of carboxylic acids is 1. The van der Waals surface area contributed by atoms with E-state index in [2.05, 4.69) is 6.42 Å². The van der Waals surface area contributed by atoms with E-state index in [0.717, 1.165) is 0 Å². The number of carbonyl (C=O) groups excluding carboxylic acids is 1. The van der Waals surface area contributed by atoms with Crippen LogP contribution in [-0.2, 0) is 4.79 Å². The van der Waals surface area contributed by atoms with Gasteiger partial charge in [-0.3, -0.25) is 0 Å². The fourth-order valence-electron chi connectivity index (χ4n) is 0. The van der Waals surface area contributed by atoms with E-state index in [4.69, 9.17) is 9.90 Å². The zero-order valence-electron chi connectivity index (χ0n) is 3.48. The fourth-order valence-corrected chi connectivity index (χ4v) is 0. The first kappa shape index (κ1) is 15.7. The molecule has 0 aromatic rings. The van der Waals surface area contributed by atoms with Crippen LogP contribution in [0.2, 0.25) is 0 Å². The Balaban J connectivity index is -0.0000000800. The van der Waals surface area contributed by atoms with Crippen molar-refractivity contribution >= 4 is 29.0 Å². The maximum Gasteiger partial charge on any atom is 2.00 e. The van der Waals surface area contributed by atoms with Gasteiger partial charge in [0.1, 0.15) is 5.97 Å². The summed E-state index contributed by atoms with van der Waals surface area (Å²) in [5, 5.41) is 9.02. The number of terminal acetylenes is 1. The molecule has 0 saturated carbocycles. The van der Waals surface area contributed by atoms with E-state index >= 15 is 0 Å². The monoisotopic (exact) mass is 172 g/mol. The normalized spacial score (nSPS) is 3.86. The van der Waals surface area contributed by atoms with E-state index in [-0.39, 0.29) is 40.0 Å². The van der Waals surface area contributed by atoms with E-state index in [1.165, 1.54) is 5.92 Å². The number of carbonyl (C=O) groups is 1. The third-order valence-corrected chi connectivity index (χ3v) is 0.118. The predicted octanol–water partition coefficient (Wildman–Crippen LogP) is -5.01. The Morgan fingerprint density at radius 1 is 1.71 bits per heavy atom. The summed E-state index contributed by atoms with van der Waals surface area (Å²) < 4.78 is 0. The molecule has 0 fully saturated rings. The third-order valence-electron chi connectivity index (χ3n) is 0.118. The zero-order valence-corrected chi connectivity index (χ0v) is 6.48. The van der Waals surface area contributed by atoms with Crippen LogP contribution < -0.4 is 22.1 Å². The maximum atomic E-state index is 9.02. The molecule has 7 heavy (non-hydrogen) atoms. The van der Waals surface area contributed by atoms with E-state index in [1.807, 2.05) is 0 Å². The van der Waals surface area contributed by atoms with Crippen molar-refractivity contribution in [3.63, 3.8) is 0 Å². The second-order valence-electron chi connectivity index (χ2n) is 0.432. The van der Waals surface area contributed by atoms with Gasteiger partial charge in [-0.25, -0.2) is 0 Å².